The van der Waals surface area contributed by atoms with Gasteiger partial charge in [-0.1, -0.05) is 18.2 Å². The topological polar surface area (TPSA) is 66.5 Å². The third-order valence-corrected chi connectivity index (χ3v) is 4.56. The van der Waals surface area contributed by atoms with Crippen molar-refractivity contribution in [1.82, 2.24) is 9.62 Å². The molecule has 0 spiro atoms. The molecule has 0 bridgehead atoms. The quantitative estimate of drug-likeness (QED) is 0.881. The fraction of sp³-hybridized carbons (Fsp3) is 0.462. The Morgan fingerprint density at radius 3 is 2.42 bits per heavy atom. The van der Waals surface area contributed by atoms with Gasteiger partial charge in [0.25, 0.3) is 0 Å². The monoisotopic (exact) mass is 284 g/mol. The van der Waals surface area contributed by atoms with Crippen LogP contribution in [0.25, 0.3) is 0 Å². The first-order valence-corrected chi connectivity index (χ1v) is 7.50. The zero-order chi connectivity index (χ0) is 14.6. The van der Waals surface area contributed by atoms with E-state index in [1.165, 1.54) is 7.05 Å². The van der Waals surface area contributed by atoms with E-state index in [1.54, 1.807) is 31.2 Å². The van der Waals surface area contributed by atoms with E-state index in [9.17, 15) is 13.2 Å². The average Bonchev–Trinajstić information content (AvgIpc) is 2.27. The van der Waals surface area contributed by atoms with Gasteiger partial charge in [-0.15, -0.1) is 0 Å². The van der Waals surface area contributed by atoms with Gasteiger partial charge in [-0.05, 0) is 32.4 Å². The van der Waals surface area contributed by atoms with Gasteiger partial charge >= 0.3 is 0 Å². The zero-order valence-electron chi connectivity index (χ0n) is 11.7. The summed E-state index contributed by atoms with van der Waals surface area (Å²) in [5, 5.41) is 2.67. The van der Waals surface area contributed by atoms with Crippen LogP contribution in [0.3, 0.4) is 0 Å². The van der Waals surface area contributed by atoms with E-state index >= 15 is 0 Å². The highest BCUT2D eigenvalue weighted by molar-refractivity contribution is 7.89. The van der Waals surface area contributed by atoms with Crippen LogP contribution in [0.5, 0.6) is 0 Å². The molecule has 106 valence electrons. The van der Waals surface area contributed by atoms with Crippen LogP contribution in [0.1, 0.15) is 19.4 Å². The Morgan fingerprint density at radius 2 is 1.89 bits per heavy atom. The highest BCUT2D eigenvalue weighted by Gasteiger charge is 2.24. The molecule has 0 aromatic heterocycles. The molecule has 0 unspecified atom stereocenters. The molecule has 0 heterocycles. The minimum atomic E-state index is -3.63. The molecule has 1 rings (SSSR count). The lowest BCUT2D eigenvalue weighted by molar-refractivity contribution is -0.121. The van der Waals surface area contributed by atoms with Gasteiger partial charge in [-0.25, -0.2) is 8.42 Å². The number of hydrogen-bond acceptors (Lipinski definition) is 3. The summed E-state index contributed by atoms with van der Waals surface area (Å²) in [6, 6.07) is 6.71. The fourth-order valence-corrected chi connectivity index (χ4v) is 3.02. The van der Waals surface area contributed by atoms with E-state index in [-0.39, 0.29) is 23.4 Å². The molecule has 6 heteroatoms. The molecule has 1 aromatic rings. The second-order valence-corrected chi connectivity index (χ2v) is 6.76. The lowest BCUT2D eigenvalue weighted by atomic mass is 10.2. The standard InChI is InChI=1S/C13H20N2O3S/c1-10(2)14-13(16)9-15(4)19(17,18)12-8-6-5-7-11(12)3/h5-8,10H,9H2,1-4H3,(H,14,16). The molecule has 0 radical (unpaired) electrons. The number of nitrogens with zero attached hydrogens (tertiary/aromatic N) is 1. The summed E-state index contributed by atoms with van der Waals surface area (Å²) >= 11 is 0. The molecule has 0 saturated carbocycles. The first-order valence-electron chi connectivity index (χ1n) is 6.06. The van der Waals surface area contributed by atoms with Crippen molar-refractivity contribution < 1.29 is 13.2 Å². The summed E-state index contributed by atoms with van der Waals surface area (Å²) in [4.78, 5) is 11.8. The van der Waals surface area contributed by atoms with Crippen LogP contribution in [-0.2, 0) is 14.8 Å². The minimum Gasteiger partial charge on any atom is -0.353 e. The van der Waals surface area contributed by atoms with Gasteiger partial charge in [0.15, 0.2) is 0 Å². The second kappa shape index (κ2) is 6.16. The highest BCUT2D eigenvalue weighted by Crippen LogP contribution is 2.17. The van der Waals surface area contributed by atoms with E-state index in [1.807, 2.05) is 13.8 Å². The minimum absolute atomic E-state index is 0.0120. The maximum atomic E-state index is 12.3. The number of amides is 1. The molecule has 1 aromatic carbocycles. The Labute approximate surface area is 114 Å². The number of nitrogens with one attached hydrogen (secondary N) is 1. The molecule has 5 nitrogen and oxygen atoms in total. The van der Waals surface area contributed by atoms with Crippen molar-refractivity contribution in [2.75, 3.05) is 13.6 Å². The number of carbonyl (C=O) groups excluding carboxylic acids is 1. The first-order chi connectivity index (χ1) is 8.75. The Balaban J connectivity index is 2.90. The van der Waals surface area contributed by atoms with Gasteiger partial charge in [0.05, 0.1) is 11.4 Å². The van der Waals surface area contributed by atoms with E-state index in [0.29, 0.717) is 5.56 Å². The van der Waals surface area contributed by atoms with Crippen molar-refractivity contribution >= 4 is 15.9 Å². The molecule has 1 amide bonds. The van der Waals surface area contributed by atoms with Gasteiger partial charge in [0, 0.05) is 13.1 Å². The van der Waals surface area contributed by atoms with Crippen LogP contribution in [-0.4, -0.2) is 38.3 Å². The van der Waals surface area contributed by atoms with Gasteiger partial charge in [0.2, 0.25) is 15.9 Å². The number of hydrogen-bond donors (Lipinski definition) is 1. The SMILES string of the molecule is Cc1ccccc1S(=O)(=O)N(C)CC(=O)NC(C)C. The summed E-state index contributed by atoms with van der Waals surface area (Å²) < 4.78 is 25.7. The molecule has 0 aliphatic rings. The lowest BCUT2D eigenvalue weighted by Gasteiger charge is -2.18. The largest absolute Gasteiger partial charge is 0.353 e. The fourth-order valence-electron chi connectivity index (χ4n) is 1.67. The number of likely N-dealkylation sites (N-methyl/N-ethyl adjacent to an activating group) is 1. The van der Waals surface area contributed by atoms with Crippen LogP contribution in [0, 0.1) is 6.92 Å². The van der Waals surface area contributed by atoms with E-state index < -0.39 is 10.0 Å². The summed E-state index contributed by atoms with van der Waals surface area (Å²) in [5.41, 5.74) is 0.665. The van der Waals surface area contributed by atoms with Gasteiger partial charge < -0.3 is 5.32 Å². The Bertz CT molecular complexity index is 553. The summed E-state index contributed by atoms with van der Waals surface area (Å²) in [7, 11) is -2.22. The average molecular weight is 284 g/mol. The molecule has 1 N–H and O–H groups in total. The van der Waals surface area contributed by atoms with E-state index in [4.69, 9.17) is 0 Å². The summed E-state index contributed by atoms with van der Waals surface area (Å²) in [5.74, 6) is -0.311. The second-order valence-electron chi connectivity index (χ2n) is 4.75. The van der Waals surface area contributed by atoms with Crippen molar-refractivity contribution in [1.29, 1.82) is 0 Å². The number of benzene rings is 1. The van der Waals surface area contributed by atoms with Crippen LogP contribution in [0.2, 0.25) is 0 Å². The molecular weight excluding hydrogens is 264 g/mol. The molecule has 19 heavy (non-hydrogen) atoms. The summed E-state index contributed by atoms with van der Waals surface area (Å²) in [6.45, 7) is 5.20. The molecule has 0 aliphatic heterocycles. The first kappa shape index (κ1) is 15.7. The van der Waals surface area contributed by atoms with Gasteiger partial charge in [-0.3, -0.25) is 4.79 Å². The Kier molecular flexibility index (Phi) is 5.08. The number of aryl methyl sites for hydroxylation is 1. The van der Waals surface area contributed by atoms with Gasteiger partial charge in [-0.2, -0.15) is 4.31 Å². The number of carbonyl (C=O) groups is 1. The number of sulfonamides is 1. The normalized spacial score (nSPS) is 11.9. The third kappa shape index (κ3) is 4.04. The predicted molar refractivity (Wildman–Crippen MR) is 74.3 cm³/mol. The van der Waals surface area contributed by atoms with E-state index in [0.717, 1.165) is 4.31 Å². The lowest BCUT2D eigenvalue weighted by Crippen LogP contribution is -2.40. The number of rotatable bonds is 5. The van der Waals surface area contributed by atoms with Crippen molar-refractivity contribution in [3.63, 3.8) is 0 Å². The Morgan fingerprint density at radius 1 is 1.32 bits per heavy atom. The zero-order valence-corrected chi connectivity index (χ0v) is 12.5. The van der Waals surface area contributed by atoms with Gasteiger partial charge in [0.1, 0.15) is 0 Å². The van der Waals surface area contributed by atoms with Crippen molar-refractivity contribution in [2.45, 2.75) is 31.7 Å². The van der Waals surface area contributed by atoms with Crippen molar-refractivity contribution in [3.05, 3.63) is 29.8 Å². The Hall–Kier alpha value is -1.40. The highest BCUT2D eigenvalue weighted by atomic mass is 32.2. The third-order valence-electron chi connectivity index (χ3n) is 2.60. The molecule has 0 aliphatic carbocycles. The summed E-state index contributed by atoms with van der Waals surface area (Å²) in [6.07, 6.45) is 0. The molecule has 0 saturated heterocycles. The van der Waals surface area contributed by atoms with Crippen LogP contribution >= 0.6 is 0 Å². The van der Waals surface area contributed by atoms with Crippen LogP contribution in [0.4, 0.5) is 0 Å². The maximum absolute atomic E-state index is 12.3. The van der Waals surface area contributed by atoms with Crippen molar-refractivity contribution in [2.24, 2.45) is 0 Å². The molecule has 0 atom stereocenters. The van der Waals surface area contributed by atoms with Crippen molar-refractivity contribution in [3.8, 4) is 0 Å². The maximum Gasteiger partial charge on any atom is 0.243 e. The smallest absolute Gasteiger partial charge is 0.243 e. The molecular formula is C13H20N2O3S. The predicted octanol–water partition coefficient (Wildman–Crippen LogP) is 1.14. The molecule has 0 fully saturated rings. The van der Waals surface area contributed by atoms with Crippen LogP contribution < -0.4 is 5.32 Å². The van der Waals surface area contributed by atoms with E-state index in [2.05, 4.69) is 5.32 Å². The van der Waals surface area contributed by atoms with Crippen LogP contribution in [0.15, 0.2) is 29.2 Å².